The van der Waals surface area contributed by atoms with Gasteiger partial charge in [0.25, 0.3) is 5.91 Å². The summed E-state index contributed by atoms with van der Waals surface area (Å²) in [7, 11) is 1.64. The van der Waals surface area contributed by atoms with Crippen LogP contribution < -0.4 is 16.2 Å². The van der Waals surface area contributed by atoms with Crippen LogP contribution in [0.1, 0.15) is 54.2 Å². The quantitative estimate of drug-likeness (QED) is 0.551. The number of hydrazine groups is 1. The Bertz CT molecular complexity index is 622. The number of carbonyl (C=O) groups excluding carboxylic acids is 1. The molecule has 140 valence electrons. The van der Waals surface area contributed by atoms with Gasteiger partial charge in [0.05, 0.1) is 11.5 Å². The van der Waals surface area contributed by atoms with Gasteiger partial charge in [0.1, 0.15) is 0 Å². The largest absolute Gasteiger partial charge is 0.383 e. The maximum atomic E-state index is 12.4. The third kappa shape index (κ3) is 5.66. The molecule has 1 aliphatic rings. The van der Waals surface area contributed by atoms with Crippen molar-refractivity contribution < 1.29 is 9.53 Å². The molecular weight excluding hydrogens is 354 g/mol. The summed E-state index contributed by atoms with van der Waals surface area (Å²) in [5.41, 5.74) is 7.06. The number of hydrogen-bond donors (Lipinski definition) is 3. The van der Waals surface area contributed by atoms with E-state index in [0.717, 1.165) is 17.7 Å². The van der Waals surface area contributed by atoms with Gasteiger partial charge in [0.2, 0.25) is 0 Å². The van der Waals surface area contributed by atoms with E-state index in [-0.39, 0.29) is 11.9 Å². The van der Waals surface area contributed by atoms with Crippen molar-refractivity contribution in [2.75, 3.05) is 13.7 Å². The van der Waals surface area contributed by atoms with E-state index >= 15 is 0 Å². The van der Waals surface area contributed by atoms with Gasteiger partial charge in [-0.2, -0.15) is 0 Å². The molecule has 25 heavy (non-hydrogen) atoms. The lowest BCUT2D eigenvalue weighted by Crippen LogP contribution is -2.49. The predicted octanol–water partition coefficient (Wildman–Crippen LogP) is 3.04. The van der Waals surface area contributed by atoms with Crippen LogP contribution in [0.3, 0.4) is 0 Å². The van der Waals surface area contributed by atoms with Gasteiger partial charge >= 0.3 is 0 Å². The van der Waals surface area contributed by atoms with Crippen molar-refractivity contribution in [1.82, 2.24) is 16.2 Å². The van der Waals surface area contributed by atoms with Crippen LogP contribution in [0.2, 0.25) is 0 Å². The number of ether oxygens (including phenoxy) is 1. The minimum atomic E-state index is -0.143. The molecule has 1 amide bonds. The lowest BCUT2D eigenvalue weighted by atomic mass is 9.72. The lowest BCUT2D eigenvalue weighted by molar-refractivity contribution is 0.0947. The van der Waals surface area contributed by atoms with Gasteiger partial charge in [-0.1, -0.05) is 20.8 Å². The maximum absolute atomic E-state index is 12.4. The van der Waals surface area contributed by atoms with E-state index in [1.165, 1.54) is 16.9 Å². The van der Waals surface area contributed by atoms with Crippen molar-refractivity contribution in [2.24, 2.45) is 11.3 Å². The van der Waals surface area contributed by atoms with Crippen molar-refractivity contribution in [3.8, 4) is 0 Å². The van der Waals surface area contributed by atoms with Crippen LogP contribution in [0.5, 0.6) is 0 Å². The normalized spacial score (nSPS) is 18.2. The molecule has 1 heterocycles. The number of aryl methyl sites for hydroxylation is 1. The number of methoxy groups -OCH3 is 1. The summed E-state index contributed by atoms with van der Waals surface area (Å²) in [4.78, 5) is 14.5. The van der Waals surface area contributed by atoms with Crippen LogP contribution in [-0.2, 0) is 17.6 Å². The molecule has 2 rings (SSSR count). The molecule has 0 spiro atoms. The first kappa shape index (κ1) is 20.1. The van der Waals surface area contributed by atoms with Crippen LogP contribution in [0.4, 0.5) is 0 Å². The van der Waals surface area contributed by atoms with Gasteiger partial charge in [-0.15, -0.1) is 11.3 Å². The molecule has 0 bridgehead atoms. The third-order valence-electron chi connectivity index (χ3n) is 4.62. The molecule has 0 aromatic carbocycles. The molecule has 7 heteroatoms. The average Bonchev–Trinajstić information content (AvgIpc) is 2.95. The van der Waals surface area contributed by atoms with E-state index in [0.29, 0.717) is 23.1 Å². The fourth-order valence-corrected chi connectivity index (χ4v) is 4.46. The van der Waals surface area contributed by atoms with Crippen LogP contribution in [-0.4, -0.2) is 30.8 Å². The minimum absolute atomic E-state index is 0.0743. The number of hydrogen-bond acceptors (Lipinski definition) is 4. The Morgan fingerprint density at radius 2 is 2.16 bits per heavy atom. The standard InChI is InChI=1S/C18H29N3O2S2/c1-11(10-23-5)19-17(24)21-20-16(22)15-9-12-8-13(18(2,3)4)6-7-14(12)25-15/h9,11,13H,6-8,10H2,1-5H3,(H,20,22)(H2,19,21,24)/t11-,13+/m1/s1. The zero-order valence-electron chi connectivity index (χ0n) is 15.7. The number of thiocarbonyl (C=S) groups is 1. The van der Waals surface area contributed by atoms with E-state index in [9.17, 15) is 4.79 Å². The monoisotopic (exact) mass is 383 g/mol. The van der Waals surface area contributed by atoms with Crippen LogP contribution >= 0.6 is 23.6 Å². The van der Waals surface area contributed by atoms with Crippen molar-refractivity contribution in [1.29, 1.82) is 0 Å². The Morgan fingerprint density at radius 1 is 1.44 bits per heavy atom. The van der Waals surface area contributed by atoms with Gasteiger partial charge in [0, 0.05) is 18.0 Å². The Morgan fingerprint density at radius 3 is 2.80 bits per heavy atom. The Hall–Kier alpha value is -1.18. The Kier molecular flexibility index (Phi) is 6.82. The van der Waals surface area contributed by atoms with Gasteiger partial charge in [-0.25, -0.2) is 0 Å². The first-order chi connectivity index (χ1) is 11.7. The molecule has 0 fully saturated rings. The highest BCUT2D eigenvalue weighted by molar-refractivity contribution is 7.80. The SMILES string of the molecule is COC[C@@H](C)NC(=S)NNC(=O)c1cc2c(s1)CC[C@H](C(C)(C)C)C2. The minimum Gasteiger partial charge on any atom is -0.383 e. The molecule has 0 aliphatic heterocycles. The number of rotatable bonds is 4. The van der Waals surface area contributed by atoms with E-state index in [1.807, 2.05) is 13.0 Å². The molecule has 1 aliphatic carbocycles. The summed E-state index contributed by atoms with van der Waals surface area (Å²) < 4.78 is 5.04. The van der Waals surface area contributed by atoms with Crippen LogP contribution in [0, 0.1) is 11.3 Å². The Labute approximate surface area is 159 Å². The number of thiophene rings is 1. The molecule has 0 saturated carbocycles. The summed E-state index contributed by atoms with van der Waals surface area (Å²) in [6.07, 6.45) is 3.32. The van der Waals surface area contributed by atoms with Crippen molar-refractivity contribution >= 4 is 34.6 Å². The van der Waals surface area contributed by atoms with E-state index < -0.39 is 0 Å². The molecule has 0 saturated heterocycles. The summed E-state index contributed by atoms with van der Waals surface area (Å²) in [5, 5.41) is 3.42. The smallest absolute Gasteiger partial charge is 0.279 e. The molecule has 3 N–H and O–H groups in total. The van der Waals surface area contributed by atoms with Gasteiger partial charge < -0.3 is 10.1 Å². The van der Waals surface area contributed by atoms with Crippen LogP contribution in [0.15, 0.2) is 6.07 Å². The molecule has 1 aromatic heterocycles. The average molecular weight is 384 g/mol. The van der Waals surface area contributed by atoms with E-state index in [2.05, 4.69) is 36.9 Å². The molecule has 0 unspecified atom stereocenters. The second-order valence-corrected chi connectivity index (χ2v) is 9.32. The number of amides is 1. The zero-order chi connectivity index (χ0) is 18.6. The maximum Gasteiger partial charge on any atom is 0.279 e. The molecule has 2 atom stereocenters. The first-order valence-electron chi connectivity index (χ1n) is 8.68. The molecular formula is C18H29N3O2S2. The second-order valence-electron chi connectivity index (χ2n) is 7.77. The molecule has 1 aromatic rings. The van der Waals surface area contributed by atoms with Crippen LogP contribution in [0.25, 0.3) is 0 Å². The predicted molar refractivity (Wildman–Crippen MR) is 107 cm³/mol. The van der Waals surface area contributed by atoms with Crippen molar-refractivity contribution in [2.45, 2.75) is 53.0 Å². The zero-order valence-corrected chi connectivity index (χ0v) is 17.3. The Balaban J connectivity index is 1.90. The van der Waals surface area contributed by atoms with E-state index in [1.54, 1.807) is 18.4 Å². The highest BCUT2D eigenvalue weighted by atomic mass is 32.1. The summed E-state index contributed by atoms with van der Waals surface area (Å²) in [6.45, 7) is 9.39. The number of carbonyl (C=O) groups is 1. The van der Waals surface area contributed by atoms with Gasteiger partial charge in [-0.3, -0.25) is 15.6 Å². The molecule has 5 nitrogen and oxygen atoms in total. The summed E-state index contributed by atoms with van der Waals surface area (Å²) in [5.74, 6) is 0.526. The highest BCUT2D eigenvalue weighted by Crippen LogP contribution is 2.39. The van der Waals surface area contributed by atoms with Crippen molar-refractivity contribution in [3.05, 3.63) is 21.4 Å². The summed E-state index contributed by atoms with van der Waals surface area (Å²) in [6, 6.07) is 2.11. The second kappa shape index (κ2) is 8.47. The number of fused-ring (bicyclic) bond motifs is 1. The first-order valence-corrected chi connectivity index (χ1v) is 9.90. The van der Waals surface area contributed by atoms with Crippen molar-refractivity contribution in [3.63, 3.8) is 0 Å². The van der Waals surface area contributed by atoms with Gasteiger partial charge in [0.15, 0.2) is 5.11 Å². The summed E-state index contributed by atoms with van der Waals surface area (Å²) >= 11 is 6.76. The number of nitrogens with one attached hydrogen (secondary N) is 3. The lowest BCUT2D eigenvalue weighted by Gasteiger charge is -2.33. The highest BCUT2D eigenvalue weighted by Gasteiger charge is 2.30. The topological polar surface area (TPSA) is 62.4 Å². The third-order valence-corrected chi connectivity index (χ3v) is 6.07. The molecule has 0 radical (unpaired) electrons. The fourth-order valence-electron chi connectivity index (χ4n) is 3.10. The van der Waals surface area contributed by atoms with Gasteiger partial charge in [-0.05, 0) is 61.4 Å². The van der Waals surface area contributed by atoms with E-state index in [4.69, 9.17) is 17.0 Å². The fraction of sp³-hybridized carbons (Fsp3) is 0.667.